The van der Waals surface area contributed by atoms with Crippen LogP contribution in [0.15, 0.2) is 0 Å². The van der Waals surface area contributed by atoms with Crippen molar-refractivity contribution in [3.8, 4) is 0 Å². The summed E-state index contributed by atoms with van der Waals surface area (Å²) in [5.74, 6) is 0. The lowest BCUT2D eigenvalue weighted by molar-refractivity contribution is -0.205. The number of aliphatic hydroxyl groups excluding tert-OH is 4. The van der Waals surface area contributed by atoms with Gasteiger partial charge in [-0.3, -0.25) is 0 Å². The van der Waals surface area contributed by atoms with Gasteiger partial charge in [0.25, 0.3) is 0 Å². The fraction of sp³-hybridized carbons (Fsp3) is 1.00. The molecule has 5 atom stereocenters. The van der Waals surface area contributed by atoms with E-state index >= 15 is 0 Å². The van der Waals surface area contributed by atoms with Crippen molar-refractivity contribution in [3.05, 3.63) is 0 Å². The fourth-order valence-electron chi connectivity index (χ4n) is 1.70. The molecular formula is C10H21O8PS. The van der Waals surface area contributed by atoms with E-state index in [9.17, 15) is 19.9 Å². The molecule has 0 unspecified atom stereocenters. The van der Waals surface area contributed by atoms with E-state index in [4.69, 9.17) is 18.9 Å². The van der Waals surface area contributed by atoms with Gasteiger partial charge in [0.05, 0.1) is 19.8 Å². The standard InChI is InChI=1S/C10H21O8PS/c1-3-16-19(15,17-4-2)20-10-9(14)8(13)7(12)6(5-11)18-10/h6-14H,3-5H2,1-2H3/t6-,7-,8+,9-,10+/m1/s1. The molecule has 20 heavy (non-hydrogen) atoms. The molecule has 1 fully saturated rings. The van der Waals surface area contributed by atoms with Crippen LogP contribution in [-0.4, -0.2) is 70.1 Å². The van der Waals surface area contributed by atoms with Crippen LogP contribution in [0.4, 0.5) is 0 Å². The van der Waals surface area contributed by atoms with Gasteiger partial charge in [-0.15, -0.1) is 0 Å². The van der Waals surface area contributed by atoms with E-state index < -0.39 is 43.3 Å². The monoisotopic (exact) mass is 332 g/mol. The summed E-state index contributed by atoms with van der Waals surface area (Å²) in [6.45, 7) is -0.539. The van der Waals surface area contributed by atoms with Gasteiger partial charge in [-0.05, 0) is 25.2 Å². The zero-order valence-electron chi connectivity index (χ0n) is 11.3. The molecule has 10 heteroatoms. The molecule has 8 nitrogen and oxygen atoms in total. The quantitative estimate of drug-likeness (QED) is 0.465. The van der Waals surface area contributed by atoms with E-state index in [1.807, 2.05) is 0 Å². The van der Waals surface area contributed by atoms with Crippen molar-refractivity contribution >= 4 is 18.2 Å². The summed E-state index contributed by atoms with van der Waals surface area (Å²) in [6, 6.07) is 0. The third-order valence-corrected chi connectivity index (χ3v) is 6.69. The maximum Gasteiger partial charge on any atom is 0.391 e. The highest BCUT2D eigenvalue weighted by Crippen LogP contribution is 2.63. The van der Waals surface area contributed by atoms with Crippen molar-refractivity contribution in [1.29, 1.82) is 0 Å². The van der Waals surface area contributed by atoms with E-state index in [1.54, 1.807) is 13.8 Å². The molecule has 0 aromatic carbocycles. The molecule has 0 radical (unpaired) electrons. The van der Waals surface area contributed by atoms with Crippen LogP contribution in [0.1, 0.15) is 13.8 Å². The number of hydrogen-bond acceptors (Lipinski definition) is 9. The molecule has 1 aliphatic rings. The van der Waals surface area contributed by atoms with Crippen LogP contribution >= 0.6 is 18.2 Å². The molecule has 0 amide bonds. The Balaban J connectivity index is 2.80. The molecule has 0 aromatic rings. The van der Waals surface area contributed by atoms with Gasteiger partial charge in [-0.25, -0.2) is 4.57 Å². The summed E-state index contributed by atoms with van der Waals surface area (Å²) in [4.78, 5) is 0. The van der Waals surface area contributed by atoms with Gasteiger partial charge in [-0.2, -0.15) is 0 Å². The Hall–Kier alpha value is 0.300. The second kappa shape index (κ2) is 8.07. The second-order valence-electron chi connectivity index (χ2n) is 4.09. The molecule has 0 aromatic heterocycles. The Morgan fingerprint density at radius 1 is 1.10 bits per heavy atom. The van der Waals surface area contributed by atoms with Crippen molar-refractivity contribution < 1.29 is 38.8 Å². The van der Waals surface area contributed by atoms with E-state index in [0.29, 0.717) is 11.4 Å². The third kappa shape index (κ3) is 4.40. The zero-order chi connectivity index (χ0) is 15.3. The maximum atomic E-state index is 12.3. The van der Waals surface area contributed by atoms with Crippen LogP contribution in [0.3, 0.4) is 0 Å². The first-order valence-corrected chi connectivity index (χ1v) is 9.29. The SMILES string of the molecule is CCOP(=O)(OCC)S[C@@H]1O[C@H](CO)[C@@H](O)[C@H](O)[C@H]1O. The first-order valence-electron chi connectivity index (χ1n) is 6.26. The lowest BCUT2D eigenvalue weighted by Gasteiger charge is -2.40. The molecule has 4 N–H and O–H groups in total. The van der Waals surface area contributed by atoms with Crippen LogP contribution < -0.4 is 0 Å². The average Bonchev–Trinajstić information content (AvgIpc) is 2.40. The zero-order valence-corrected chi connectivity index (χ0v) is 13.0. The highest BCUT2D eigenvalue weighted by Gasteiger charge is 2.47. The lowest BCUT2D eigenvalue weighted by Crippen LogP contribution is -2.57. The summed E-state index contributed by atoms with van der Waals surface area (Å²) >= 11 is 0.607. The number of ether oxygens (including phenoxy) is 1. The highest BCUT2D eigenvalue weighted by molar-refractivity contribution is 8.55. The minimum atomic E-state index is -3.55. The summed E-state index contributed by atoms with van der Waals surface area (Å²) in [7, 11) is 0. The predicted molar refractivity (Wildman–Crippen MR) is 72.2 cm³/mol. The van der Waals surface area contributed by atoms with E-state index in [-0.39, 0.29) is 13.2 Å². The molecule has 1 aliphatic heterocycles. The minimum Gasteiger partial charge on any atom is -0.394 e. The van der Waals surface area contributed by atoms with E-state index in [2.05, 4.69) is 0 Å². The summed E-state index contributed by atoms with van der Waals surface area (Å²) in [5.41, 5.74) is -1.14. The third-order valence-electron chi connectivity index (χ3n) is 2.66. The first-order chi connectivity index (χ1) is 9.38. The molecule has 0 aliphatic carbocycles. The summed E-state index contributed by atoms with van der Waals surface area (Å²) < 4.78 is 27.7. The smallest absolute Gasteiger partial charge is 0.391 e. The topological polar surface area (TPSA) is 126 Å². The molecule has 0 spiro atoms. The lowest BCUT2D eigenvalue weighted by atomic mass is 10.0. The molecule has 1 saturated heterocycles. The molecular weight excluding hydrogens is 311 g/mol. The van der Waals surface area contributed by atoms with Crippen LogP contribution in [-0.2, 0) is 18.3 Å². The van der Waals surface area contributed by atoms with E-state index in [0.717, 1.165) is 0 Å². The Labute approximate surface area is 121 Å². The Bertz CT molecular complexity index is 331. The van der Waals surface area contributed by atoms with Crippen molar-refractivity contribution in [2.75, 3.05) is 19.8 Å². The highest BCUT2D eigenvalue weighted by atomic mass is 32.7. The molecule has 1 heterocycles. The van der Waals surface area contributed by atoms with Gasteiger partial charge in [0, 0.05) is 0 Å². The molecule has 1 rings (SSSR count). The first kappa shape index (κ1) is 18.3. The van der Waals surface area contributed by atoms with Crippen LogP contribution in [0.2, 0.25) is 0 Å². The number of hydrogen-bond donors (Lipinski definition) is 4. The summed E-state index contributed by atoms with van der Waals surface area (Å²) in [5, 5.41) is 38.2. The van der Waals surface area contributed by atoms with Crippen molar-refractivity contribution in [2.45, 2.75) is 43.7 Å². The van der Waals surface area contributed by atoms with Crippen LogP contribution in [0.5, 0.6) is 0 Å². The van der Waals surface area contributed by atoms with Gasteiger partial charge in [-0.1, -0.05) is 0 Å². The Morgan fingerprint density at radius 2 is 1.65 bits per heavy atom. The maximum absolute atomic E-state index is 12.3. The second-order valence-corrected chi connectivity index (χ2v) is 8.15. The van der Waals surface area contributed by atoms with Gasteiger partial charge >= 0.3 is 6.80 Å². The Kier molecular flexibility index (Phi) is 7.40. The number of rotatable bonds is 7. The van der Waals surface area contributed by atoms with Crippen molar-refractivity contribution in [2.24, 2.45) is 0 Å². The van der Waals surface area contributed by atoms with E-state index in [1.165, 1.54) is 0 Å². The number of aliphatic hydroxyl groups is 4. The van der Waals surface area contributed by atoms with Crippen LogP contribution in [0, 0.1) is 0 Å². The normalized spacial score (nSPS) is 35.2. The molecule has 0 saturated carbocycles. The van der Waals surface area contributed by atoms with Gasteiger partial charge in [0.1, 0.15) is 29.9 Å². The molecule has 120 valence electrons. The van der Waals surface area contributed by atoms with Gasteiger partial charge in [0.15, 0.2) is 0 Å². The van der Waals surface area contributed by atoms with Crippen LogP contribution in [0.25, 0.3) is 0 Å². The fourth-order valence-corrected chi connectivity index (χ4v) is 5.54. The largest absolute Gasteiger partial charge is 0.394 e. The van der Waals surface area contributed by atoms with Crippen molar-refractivity contribution in [1.82, 2.24) is 0 Å². The predicted octanol–water partition coefficient (Wildman–Crippen LogP) is -0.299. The Morgan fingerprint density at radius 3 is 2.10 bits per heavy atom. The van der Waals surface area contributed by atoms with Crippen molar-refractivity contribution in [3.63, 3.8) is 0 Å². The average molecular weight is 332 g/mol. The van der Waals surface area contributed by atoms with Gasteiger partial charge in [0.2, 0.25) is 0 Å². The summed E-state index contributed by atoms with van der Waals surface area (Å²) in [6.07, 6.45) is -5.50. The van der Waals surface area contributed by atoms with Gasteiger partial charge < -0.3 is 34.2 Å². The molecule has 0 bridgehead atoms. The minimum absolute atomic E-state index is 0.141.